The smallest absolute Gasteiger partial charge is 0.267 e. The number of hydrogen-bond donors (Lipinski definition) is 0. The van der Waals surface area contributed by atoms with Crippen LogP contribution in [0.15, 0.2) is 46.0 Å². The molecule has 0 aliphatic carbocycles. The molecule has 24 heavy (non-hydrogen) atoms. The zero-order chi connectivity index (χ0) is 17.3. The lowest BCUT2D eigenvalue weighted by Crippen LogP contribution is -2.32. The third-order valence-corrected chi connectivity index (χ3v) is 5.03. The summed E-state index contributed by atoms with van der Waals surface area (Å²) < 4.78 is 13.6. The normalized spacial score (nSPS) is 14.5. The first-order chi connectivity index (χ1) is 11.5. The summed E-state index contributed by atoms with van der Waals surface area (Å²) in [5.41, 5.74) is 1.99. The van der Waals surface area contributed by atoms with Crippen molar-refractivity contribution in [3.63, 3.8) is 0 Å². The number of hydrazone groups is 1. The zero-order valence-corrected chi connectivity index (χ0v) is 15.5. The number of carbonyl (C=O) groups excluding carboxylic acids is 1. The monoisotopic (exact) mass is 428 g/mol. The number of nitrogens with zero attached hydrogens (tertiary/aromatic N) is 2. The van der Waals surface area contributed by atoms with Crippen LogP contribution in [-0.2, 0) is 0 Å². The van der Waals surface area contributed by atoms with E-state index in [0.717, 1.165) is 24.1 Å². The molecule has 1 amide bonds. The molecule has 1 aliphatic heterocycles. The van der Waals surface area contributed by atoms with Crippen LogP contribution in [0.2, 0.25) is 10.0 Å². The van der Waals surface area contributed by atoms with Crippen LogP contribution < -0.4 is 0 Å². The zero-order valence-electron chi connectivity index (χ0n) is 12.4. The molecule has 3 nitrogen and oxygen atoms in total. The van der Waals surface area contributed by atoms with Crippen LogP contribution in [0.25, 0.3) is 0 Å². The van der Waals surface area contributed by atoms with Gasteiger partial charge in [0.25, 0.3) is 5.91 Å². The van der Waals surface area contributed by atoms with Gasteiger partial charge in [0.15, 0.2) is 0 Å². The van der Waals surface area contributed by atoms with Crippen molar-refractivity contribution in [2.45, 2.75) is 12.8 Å². The Morgan fingerprint density at radius 3 is 2.67 bits per heavy atom. The molecule has 0 fully saturated rings. The highest BCUT2D eigenvalue weighted by Gasteiger charge is 2.21. The first-order valence-corrected chi connectivity index (χ1v) is 8.80. The average Bonchev–Trinajstić information content (AvgIpc) is 2.59. The third-order valence-electron chi connectivity index (χ3n) is 3.68. The van der Waals surface area contributed by atoms with Crippen molar-refractivity contribution in [2.75, 3.05) is 6.54 Å². The van der Waals surface area contributed by atoms with Crippen LogP contribution in [0, 0.1) is 5.82 Å². The number of hydrogen-bond acceptors (Lipinski definition) is 2. The van der Waals surface area contributed by atoms with Crippen molar-refractivity contribution in [2.24, 2.45) is 5.10 Å². The minimum atomic E-state index is -0.412. The van der Waals surface area contributed by atoms with Crippen molar-refractivity contribution in [1.82, 2.24) is 5.01 Å². The van der Waals surface area contributed by atoms with Gasteiger partial charge < -0.3 is 0 Å². The maximum Gasteiger partial charge on any atom is 0.274 e. The molecule has 7 heteroatoms. The summed E-state index contributed by atoms with van der Waals surface area (Å²) in [7, 11) is 0. The van der Waals surface area contributed by atoms with Crippen molar-refractivity contribution >= 4 is 50.8 Å². The second-order valence-electron chi connectivity index (χ2n) is 5.34. The van der Waals surface area contributed by atoms with Crippen LogP contribution in [-0.4, -0.2) is 23.2 Å². The lowest BCUT2D eigenvalue weighted by molar-refractivity contribution is 0.0751. The van der Waals surface area contributed by atoms with Crippen molar-refractivity contribution < 1.29 is 9.18 Å². The van der Waals surface area contributed by atoms with Crippen LogP contribution >= 0.6 is 39.1 Å². The molecule has 3 rings (SSSR count). The first kappa shape index (κ1) is 17.4. The summed E-state index contributed by atoms with van der Waals surface area (Å²) in [6, 6.07) is 9.44. The van der Waals surface area contributed by atoms with Crippen molar-refractivity contribution in [3.05, 3.63) is 67.9 Å². The summed E-state index contributed by atoms with van der Waals surface area (Å²) >= 11 is 15.1. The van der Waals surface area contributed by atoms with Gasteiger partial charge in [-0.1, -0.05) is 29.3 Å². The molecule has 0 unspecified atom stereocenters. The topological polar surface area (TPSA) is 32.7 Å². The van der Waals surface area contributed by atoms with Gasteiger partial charge in [0.2, 0.25) is 0 Å². The van der Waals surface area contributed by atoms with Gasteiger partial charge in [-0.25, -0.2) is 9.40 Å². The largest absolute Gasteiger partial charge is 0.274 e. The van der Waals surface area contributed by atoms with Gasteiger partial charge in [0, 0.05) is 12.1 Å². The third kappa shape index (κ3) is 3.63. The fourth-order valence-electron chi connectivity index (χ4n) is 2.44. The predicted octanol–water partition coefficient (Wildman–Crippen LogP) is 5.54. The van der Waals surface area contributed by atoms with Crippen LogP contribution in [0.3, 0.4) is 0 Å². The Morgan fingerprint density at radius 1 is 1.17 bits per heavy atom. The maximum absolute atomic E-state index is 13.3. The minimum Gasteiger partial charge on any atom is -0.267 e. The van der Waals surface area contributed by atoms with E-state index in [1.54, 1.807) is 12.1 Å². The molecule has 0 radical (unpaired) electrons. The molecule has 0 bridgehead atoms. The van der Waals surface area contributed by atoms with Gasteiger partial charge in [0.1, 0.15) is 5.82 Å². The van der Waals surface area contributed by atoms with Gasteiger partial charge >= 0.3 is 0 Å². The van der Waals surface area contributed by atoms with Crippen molar-refractivity contribution in [1.29, 1.82) is 0 Å². The second-order valence-corrected chi connectivity index (χ2v) is 7.01. The fraction of sp³-hybridized carbons (Fsp3) is 0.176. The fourth-order valence-corrected chi connectivity index (χ4v) is 3.12. The molecule has 1 aliphatic rings. The number of halogens is 4. The van der Waals surface area contributed by atoms with Crippen LogP contribution in [0.5, 0.6) is 0 Å². The maximum atomic E-state index is 13.3. The quantitative estimate of drug-likeness (QED) is 0.617. The van der Waals surface area contributed by atoms with Crippen LogP contribution in [0.4, 0.5) is 4.39 Å². The van der Waals surface area contributed by atoms with E-state index in [1.807, 2.05) is 6.07 Å². The van der Waals surface area contributed by atoms with E-state index in [-0.39, 0.29) is 10.4 Å². The lowest BCUT2D eigenvalue weighted by atomic mass is 10.0. The molecule has 2 aromatic carbocycles. The van der Waals surface area contributed by atoms with Crippen molar-refractivity contribution in [3.8, 4) is 0 Å². The molecule has 2 aromatic rings. The Bertz CT molecular complexity index is 841. The van der Waals surface area contributed by atoms with E-state index in [1.165, 1.54) is 23.2 Å². The lowest BCUT2D eigenvalue weighted by Gasteiger charge is -2.24. The van der Waals surface area contributed by atoms with E-state index >= 15 is 0 Å². The van der Waals surface area contributed by atoms with E-state index < -0.39 is 5.82 Å². The Labute approximate surface area is 157 Å². The molecule has 0 aromatic heterocycles. The Hall–Kier alpha value is -1.43. The van der Waals surface area contributed by atoms with Gasteiger partial charge in [-0.15, -0.1) is 0 Å². The van der Waals surface area contributed by atoms with Gasteiger partial charge in [-0.2, -0.15) is 5.10 Å². The number of benzene rings is 2. The highest BCUT2D eigenvalue weighted by atomic mass is 79.9. The standard InChI is InChI=1S/C17H12BrCl2FN2O/c18-12-8-11(4-6-15(12)21)17(24)23-7-1-2-16(22-23)10-3-5-13(19)14(20)9-10/h3-6,8-9H,1-2,7H2. The molecular weight excluding hydrogens is 418 g/mol. The van der Waals surface area contributed by atoms with Gasteiger partial charge in [-0.3, -0.25) is 4.79 Å². The molecule has 0 N–H and O–H groups in total. The van der Waals surface area contributed by atoms with E-state index in [4.69, 9.17) is 23.2 Å². The molecule has 124 valence electrons. The highest BCUT2D eigenvalue weighted by Crippen LogP contribution is 2.25. The molecule has 0 saturated heterocycles. The molecule has 0 atom stereocenters. The number of carbonyl (C=O) groups is 1. The van der Waals surface area contributed by atoms with E-state index in [0.29, 0.717) is 22.2 Å². The summed E-state index contributed by atoms with van der Waals surface area (Å²) in [6.45, 7) is 0.513. The number of rotatable bonds is 2. The average molecular weight is 430 g/mol. The molecular formula is C17H12BrCl2FN2O. The summed E-state index contributed by atoms with van der Waals surface area (Å²) in [5.74, 6) is -0.682. The summed E-state index contributed by atoms with van der Waals surface area (Å²) in [4.78, 5) is 12.6. The highest BCUT2D eigenvalue weighted by molar-refractivity contribution is 9.10. The minimum absolute atomic E-state index is 0.249. The summed E-state index contributed by atoms with van der Waals surface area (Å²) in [6.07, 6.45) is 1.53. The SMILES string of the molecule is O=C(c1ccc(F)c(Br)c1)N1CCCC(c2ccc(Cl)c(Cl)c2)=N1. The Kier molecular flexibility index (Phi) is 5.23. The van der Waals surface area contributed by atoms with E-state index in [2.05, 4.69) is 21.0 Å². The Balaban J connectivity index is 1.89. The predicted molar refractivity (Wildman–Crippen MR) is 97.4 cm³/mol. The first-order valence-electron chi connectivity index (χ1n) is 7.25. The van der Waals surface area contributed by atoms with Gasteiger partial charge in [0.05, 0.1) is 20.2 Å². The number of amides is 1. The van der Waals surface area contributed by atoms with Crippen LogP contribution in [0.1, 0.15) is 28.8 Å². The molecule has 0 spiro atoms. The Morgan fingerprint density at radius 2 is 1.96 bits per heavy atom. The molecule has 0 saturated carbocycles. The molecule has 1 heterocycles. The summed E-state index contributed by atoms with van der Waals surface area (Å²) in [5, 5.41) is 6.76. The van der Waals surface area contributed by atoms with Gasteiger partial charge in [-0.05, 0) is 64.7 Å². The van der Waals surface area contributed by atoms with E-state index in [9.17, 15) is 9.18 Å². The second kappa shape index (κ2) is 7.21.